The van der Waals surface area contributed by atoms with Gasteiger partial charge in [-0.2, -0.15) is 5.10 Å². The number of imidazole rings is 1. The maximum atomic E-state index is 3.89. The second-order valence-electron chi connectivity index (χ2n) is 2.37. The average Bonchev–Trinajstić information content (AvgIpc) is 2.74. The van der Waals surface area contributed by atoms with E-state index in [4.69, 9.17) is 0 Å². The first-order valence-corrected chi connectivity index (χ1v) is 3.60. The lowest BCUT2D eigenvalue weighted by Gasteiger charge is -1.81. The van der Waals surface area contributed by atoms with E-state index in [0.717, 1.165) is 11.3 Å². The molecule has 2 N–H and O–H groups in total. The molecule has 0 saturated carbocycles. The third-order valence-corrected chi connectivity index (χ3v) is 1.49. The van der Waals surface area contributed by atoms with Crippen LogP contribution in [0.4, 0.5) is 0 Å². The molecule has 2 rings (SSSR count). The van der Waals surface area contributed by atoms with E-state index in [0.29, 0.717) is 0 Å². The second kappa shape index (κ2) is 3.04. The Morgan fingerprint density at radius 2 is 2.25 bits per heavy atom. The van der Waals surface area contributed by atoms with Crippen LogP contribution in [-0.2, 0) is 0 Å². The molecule has 0 unspecified atom stereocenters. The predicted octanol–water partition coefficient (Wildman–Crippen LogP) is 1.30. The molecule has 4 nitrogen and oxygen atoms in total. The summed E-state index contributed by atoms with van der Waals surface area (Å²) in [6.07, 6.45) is 10.9. The van der Waals surface area contributed by atoms with Crippen LogP contribution in [0.3, 0.4) is 0 Å². The molecule has 0 bridgehead atoms. The Morgan fingerprint density at radius 1 is 1.25 bits per heavy atom. The molecule has 60 valence electrons. The van der Waals surface area contributed by atoms with Crippen LogP contribution in [-0.4, -0.2) is 20.2 Å². The summed E-state index contributed by atoms with van der Waals surface area (Å²) < 4.78 is 0. The molecular weight excluding hydrogens is 152 g/mol. The van der Waals surface area contributed by atoms with Crippen LogP contribution in [0.5, 0.6) is 0 Å². The molecule has 0 atom stereocenters. The lowest BCUT2D eigenvalue weighted by atomic mass is 10.3. The van der Waals surface area contributed by atoms with Gasteiger partial charge >= 0.3 is 0 Å². The molecule has 0 fully saturated rings. The van der Waals surface area contributed by atoms with Crippen molar-refractivity contribution >= 4 is 12.2 Å². The summed E-state index contributed by atoms with van der Waals surface area (Å²) in [5.74, 6) is 0. The van der Waals surface area contributed by atoms with Gasteiger partial charge in [-0.1, -0.05) is 0 Å². The van der Waals surface area contributed by atoms with Crippen molar-refractivity contribution in [3.63, 3.8) is 0 Å². The topological polar surface area (TPSA) is 57.4 Å². The molecule has 0 radical (unpaired) electrons. The van der Waals surface area contributed by atoms with Crippen molar-refractivity contribution < 1.29 is 0 Å². The maximum absolute atomic E-state index is 3.89. The quantitative estimate of drug-likeness (QED) is 0.695. The largest absolute Gasteiger partial charge is 0.345 e. The molecule has 0 saturated heterocycles. The van der Waals surface area contributed by atoms with Crippen LogP contribution in [0.25, 0.3) is 12.2 Å². The molecule has 0 aliphatic rings. The van der Waals surface area contributed by atoms with Gasteiger partial charge in [-0.15, -0.1) is 0 Å². The van der Waals surface area contributed by atoms with Crippen molar-refractivity contribution in [3.05, 3.63) is 36.2 Å². The number of nitrogens with one attached hydrogen (secondary N) is 2. The fourth-order valence-corrected chi connectivity index (χ4v) is 0.896. The first-order chi connectivity index (χ1) is 5.95. The van der Waals surface area contributed by atoms with Crippen molar-refractivity contribution in [2.24, 2.45) is 0 Å². The SMILES string of the molecule is C(=Cc1cnc[nH]1)c1cn[nH]c1. The highest BCUT2D eigenvalue weighted by Gasteiger charge is 1.87. The van der Waals surface area contributed by atoms with E-state index < -0.39 is 0 Å². The summed E-state index contributed by atoms with van der Waals surface area (Å²) in [4.78, 5) is 6.86. The molecular formula is C8H8N4. The van der Waals surface area contributed by atoms with E-state index in [2.05, 4.69) is 20.2 Å². The van der Waals surface area contributed by atoms with Crippen molar-refractivity contribution in [2.45, 2.75) is 0 Å². The van der Waals surface area contributed by atoms with Gasteiger partial charge in [0.1, 0.15) is 0 Å². The van der Waals surface area contributed by atoms with Gasteiger partial charge in [0.25, 0.3) is 0 Å². The molecule has 0 amide bonds. The highest BCUT2D eigenvalue weighted by Crippen LogP contribution is 2.02. The van der Waals surface area contributed by atoms with Crippen molar-refractivity contribution in [3.8, 4) is 0 Å². The molecule has 0 aromatic carbocycles. The highest BCUT2D eigenvalue weighted by atomic mass is 15.1. The number of hydrogen-bond acceptors (Lipinski definition) is 2. The number of aromatic amines is 2. The van der Waals surface area contributed by atoms with E-state index in [1.165, 1.54) is 0 Å². The van der Waals surface area contributed by atoms with Crippen LogP contribution in [0.1, 0.15) is 11.3 Å². The van der Waals surface area contributed by atoms with Gasteiger partial charge < -0.3 is 4.98 Å². The minimum atomic E-state index is 0.983. The zero-order valence-electron chi connectivity index (χ0n) is 6.36. The second-order valence-corrected chi connectivity index (χ2v) is 2.37. The van der Waals surface area contributed by atoms with Crippen molar-refractivity contribution in [1.82, 2.24) is 20.2 Å². The van der Waals surface area contributed by atoms with Gasteiger partial charge in [0.2, 0.25) is 0 Å². The summed E-state index contributed by atoms with van der Waals surface area (Å²) in [5.41, 5.74) is 2.03. The Balaban J connectivity index is 2.14. The highest BCUT2D eigenvalue weighted by molar-refractivity contribution is 5.66. The van der Waals surface area contributed by atoms with E-state index in [9.17, 15) is 0 Å². The Bertz CT molecular complexity index is 308. The monoisotopic (exact) mass is 160 g/mol. The normalized spacial score (nSPS) is 11.0. The summed E-state index contributed by atoms with van der Waals surface area (Å²) in [7, 11) is 0. The van der Waals surface area contributed by atoms with Crippen molar-refractivity contribution in [1.29, 1.82) is 0 Å². The molecule has 0 aliphatic carbocycles. The molecule has 4 heteroatoms. The zero-order chi connectivity index (χ0) is 8.23. The Kier molecular flexibility index (Phi) is 1.74. The van der Waals surface area contributed by atoms with Crippen LogP contribution in [0.2, 0.25) is 0 Å². The Labute approximate surface area is 69.4 Å². The van der Waals surface area contributed by atoms with Crippen molar-refractivity contribution in [2.75, 3.05) is 0 Å². The van der Waals surface area contributed by atoms with E-state index in [1.807, 2.05) is 18.3 Å². The maximum Gasteiger partial charge on any atom is 0.0924 e. The number of nitrogens with zero attached hydrogens (tertiary/aromatic N) is 2. The molecule has 0 spiro atoms. The van der Waals surface area contributed by atoms with Gasteiger partial charge in [-0.3, -0.25) is 5.10 Å². The van der Waals surface area contributed by atoms with Crippen LogP contribution in [0.15, 0.2) is 24.9 Å². The number of hydrogen-bond donors (Lipinski definition) is 2. The fraction of sp³-hybridized carbons (Fsp3) is 0. The molecule has 2 heterocycles. The smallest absolute Gasteiger partial charge is 0.0924 e. The minimum Gasteiger partial charge on any atom is -0.345 e. The van der Waals surface area contributed by atoms with Gasteiger partial charge in [0.05, 0.1) is 24.4 Å². The number of rotatable bonds is 2. The molecule has 12 heavy (non-hydrogen) atoms. The van der Waals surface area contributed by atoms with Crippen LogP contribution >= 0.6 is 0 Å². The molecule has 2 aromatic heterocycles. The standard InChI is InChI=1S/C8H8N4/c1(7-3-11-12-4-7)2-8-5-9-6-10-8/h1-6H,(H,9,10)(H,11,12). The number of H-pyrrole nitrogens is 2. The predicted molar refractivity (Wildman–Crippen MR) is 46.1 cm³/mol. The lowest BCUT2D eigenvalue weighted by molar-refractivity contribution is 1.09. The van der Waals surface area contributed by atoms with E-state index in [1.54, 1.807) is 18.7 Å². The average molecular weight is 160 g/mol. The zero-order valence-corrected chi connectivity index (χ0v) is 6.36. The lowest BCUT2D eigenvalue weighted by Crippen LogP contribution is -1.67. The van der Waals surface area contributed by atoms with Gasteiger partial charge in [-0.25, -0.2) is 4.98 Å². The van der Waals surface area contributed by atoms with Crippen LogP contribution in [0, 0.1) is 0 Å². The third kappa shape index (κ3) is 1.42. The Morgan fingerprint density at radius 3 is 2.92 bits per heavy atom. The summed E-state index contributed by atoms with van der Waals surface area (Å²) in [6, 6.07) is 0. The fourth-order valence-electron chi connectivity index (χ4n) is 0.896. The van der Waals surface area contributed by atoms with Gasteiger partial charge in [-0.05, 0) is 12.2 Å². The molecule has 2 aromatic rings. The van der Waals surface area contributed by atoms with Gasteiger partial charge in [0, 0.05) is 11.8 Å². The summed E-state index contributed by atoms with van der Waals surface area (Å²) >= 11 is 0. The Hall–Kier alpha value is -1.84. The van der Waals surface area contributed by atoms with Crippen LogP contribution < -0.4 is 0 Å². The summed E-state index contributed by atoms with van der Waals surface area (Å²) in [6.45, 7) is 0. The third-order valence-electron chi connectivity index (χ3n) is 1.49. The number of aromatic nitrogens is 4. The van der Waals surface area contributed by atoms with E-state index in [-0.39, 0.29) is 0 Å². The summed E-state index contributed by atoms with van der Waals surface area (Å²) in [5, 5.41) is 6.55. The first kappa shape index (κ1) is 6.84. The van der Waals surface area contributed by atoms with E-state index >= 15 is 0 Å². The molecule has 0 aliphatic heterocycles. The minimum absolute atomic E-state index is 0.983. The van der Waals surface area contributed by atoms with Gasteiger partial charge in [0.15, 0.2) is 0 Å². The first-order valence-electron chi connectivity index (χ1n) is 3.60.